The summed E-state index contributed by atoms with van der Waals surface area (Å²) >= 11 is 11.0. The molecule has 0 saturated carbocycles. The van der Waals surface area contributed by atoms with Gasteiger partial charge in [0.25, 0.3) is 0 Å². The van der Waals surface area contributed by atoms with E-state index in [1.807, 2.05) is 19.9 Å². The minimum absolute atomic E-state index is 0.288. The predicted octanol–water partition coefficient (Wildman–Crippen LogP) is 3.19. The summed E-state index contributed by atoms with van der Waals surface area (Å²) in [6, 6.07) is 5.43. The normalized spacial score (nSPS) is 10.5. The molecule has 0 aliphatic heterocycles. The number of nitrogens with two attached hydrogens (primary N) is 1. The van der Waals surface area contributed by atoms with Crippen LogP contribution >= 0.6 is 23.8 Å². The van der Waals surface area contributed by atoms with Crippen LogP contribution in [0.25, 0.3) is 0 Å². The average molecular weight is 296 g/mol. The third-order valence-corrected chi connectivity index (χ3v) is 3.28. The lowest BCUT2D eigenvalue weighted by atomic mass is 10.2. The topological polar surface area (TPSA) is 64.1 Å². The molecule has 0 aliphatic carbocycles. The fraction of sp³-hybridized carbons (Fsp3) is 0.231. The molecule has 1 aromatic heterocycles. The molecule has 1 heterocycles. The van der Waals surface area contributed by atoms with Crippen molar-refractivity contribution in [3.05, 3.63) is 46.1 Å². The van der Waals surface area contributed by atoms with Gasteiger partial charge in [0.1, 0.15) is 10.7 Å². The van der Waals surface area contributed by atoms with Gasteiger partial charge in [-0.2, -0.15) is 0 Å². The van der Waals surface area contributed by atoms with E-state index in [-0.39, 0.29) is 4.99 Å². The van der Waals surface area contributed by atoms with Crippen LogP contribution in [0.4, 0.5) is 5.69 Å². The highest BCUT2D eigenvalue weighted by Crippen LogP contribution is 2.21. The quantitative estimate of drug-likeness (QED) is 0.848. The molecule has 0 unspecified atom stereocenters. The van der Waals surface area contributed by atoms with Gasteiger partial charge in [-0.3, -0.25) is 0 Å². The van der Waals surface area contributed by atoms with Crippen molar-refractivity contribution in [3.8, 4) is 0 Å². The van der Waals surface area contributed by atoms with Gasteiger partial charge in [-0.15, -0.1) is 0 Å². The van der Waals surface area contributed by atoms with E-state index >= 15 is 0 Å². The molecule has 0 aliphatic rings. The molecular formula is C13H14ClN3OS. The van der Waals surface area contributed by atoms with Crippen LogP contribution in [0.3, 0.4) is 0 Å². The van der Waals surface area contributed by atoms with Gasteiger partial charge in [0.2, 0.25) is 5.89 Å². The van der Waals surface area contributed by atoms with E-state index in [0.717, 1.165) is 17.1 Å². The van der Waals surface area contributed by atoms with Crippen LogP contribution in [0.2, 0.25) is 5.02 Å². The monoisotopic (exact) mass is 295 g/mol. The highest BCUT2D eigenvalue weighted by Gasteiger charge is 2.07. The Labute approximate surface area is 122 Å². The van der Waals surface area contributed by atoms with Crippen molar-refractivity contribution in [1.29, 1.82) is 0 Å². The van der Waals surface area contributed by atoms with Crippen molar-refractivity contribution in [2.75, 3.05) is 5.32 Å². The van der Waals surface area contributed by atoms with Gasteiger partial charge in [-0.25, -0.2) is 4.98 Å². The molecule has 3 N–H and O–H groups in total. The maximum atomic E-state index is 6.09. The lowest BCUT2D eigenvalue weighted by molar-refractivity contribution is 0.478. The van der Waals surface area contributed by atoms with Gasteiger partial charge in [0.15, 0.2) is 0 Å². The van der Waals surface area contributed by atoms with E-state index in [2.05, 4.69) is 10.3 Å². The van der Waals surface area contributed by atoms with Gasteiger partial charge in [-0.05, 0) is 32.0 Å². The summed E-state index contributed by atoms with van der Waals surface area (Å²) in [7, 11) is 0. The molecule has 0 amide bonds. The molecule has 2 rings (SSSR count). The first-order valence-corrected chi connectivity index (χ1v) is 6.52. The number of nitrogens with zero attached hydrogens (tertiary/aromatic N) is 1. The largest absolute Gasteiger partial charge is 0.444 e. The zero-order chi connectivity index (χ0) is 14.0. The van der Waals surface area contributed by atoms with Crippen LogP contribution in [0.5, 0.6) is 0 Å². The van der Waals surface area contributed by atoms with Gasteiger partial charge >= 0.3 is 0 Å². The Kier molecular flexibility index (Phi) is 4.07. The number of halogens is 1. The van der Waals surface area contributed by atoms with Crippen LogP contribution in [0.15, 0.2) is 22.6 Å². The number of aryl methyl sites for hydroxylation is 2. The van der Waals surface area contributed by atoms with Gasteiger partial charge in [-0.1, -0.05) is 23.8 Å². The Morgan fingerprint density at radius 2 is 2.21 bits per heavy atom. The SMILES string of the molecule is Cc1nc(CNc2ccc(C(N)=S)c(Cl)c2)oc1C. The second-order valence-electron chi connectivity index (χ2n) is 4.16. The zero-order valence-corrected chi connectivity index (χ0v) is 12.2. The van der Waals surface area contributed by atoms with Crippen LogP contribution in [0, 0.1) is 13.8 Å². The maximum Gasteiger partial charge on any atom is 0.213 e. The minimum atomic E-state index is 0.288. The summed E-state index contributed by atoms with van der Waals surface area (Å²) in [6.07, 6.45) is 0. The molecule has 19 heavy (non-hydrogen) atoms. The molecule has 0 atom stereocenters. The first-order chi connectivity index (χ1) is 8.97. The highest BCUT2D eigenvalue weighted by molar-refractivity contribution is 7.80. The molecule has 0 radical (unpaired) electrons. The Hall–Kier alpha value is -1.59. The van der Waals surface area contributed by atoms with Crippen molar-refractivity contribution in [2.24, 2.45) is 5.73 Å². The van der Waals surface area contributed by atoms with Crippen molar-refractivity contribution in [3.63, 3.8) is 0 Å². The molecule has 0 fully saturated rings. The molecule has 1 aromatic carbocycles. The fourth-order valence-electron chi connectivity index (χ4n) is 1.62. The summed E-state index contributed by atoms with van der Waals surface area (Å²) < 4.78 is 5.48. The molecule has 0 saturated heterocycles. The number of thiocarbonyl (C=S) groups is 1. The second-order valence-corrected chi connectivity index (χ2v) is 5.01. The van der Waals surface area contributed by atoms with Crippen molar-refractivity contribution in [1.82, 2.24) is 4.98 Å². The lowest BCUT2D eigenvalue weighted by Crippen LogP contribution is -2.10. The Morgan fingerprint density at radius 1 is 1.47 bits per heavy atom. The number of nitrogens with one attached hydrogen (secondary N) is 1. The summed E-state index contributed by atoms with van der Waals surface area (Å²) in [6.45, 7) is 4.30. The minimum Gasteiger partial charge on any atom is -0.444 e. The Balaban J connectivity index is 2.08. The van der Waals surface area contributed by atoms with E-state index in [1.165, 1.54) is 0 Å². The third kappa shape index (κ3) is 3.24. The van der Waals surface area contributed by atoms with E-state index in [4.69, 9.17) is 34.0 Å². The molecular weight excluding hydrogens is 282 g/mol. The highest BCUT2D eigenvalue weighted by atomic mass is 35.5. The number of anilines is 1. The summed E-state index contributed by atoms with van der Waals surface area (Å²) in [5, 5.41) is 3.71. The second kappa shape index (κ2) is 5.59. The molecule has 0 bridgehead atoms. The van der Waals surface area contributed by atoms with Crippen LogP contribution in [-0.4, -0.2) is 9.97 Å². The van der Waals surface area contributed by atoms with Crippen LogP contribution in [-0.2, 0) is 6.54 Å². The van der Waals surface area contributed by atoms with E-state index in [9.17, 15) is 0 Å². The Morgan fingerprint density at radius 3 is 2.74 bits per heavy atom. The van der Waals surface area contributed by atoms with E-state index in [1.54, 1.807) is 12.1 Å². The van der Waals surface area contributed by atoms with Crippen molar-refractivity contribution in [2.45, 2.75) is 20.4 Å². The van der Waals surface area contributed by atoms with Gasteiger partial charge < -0.3 is 15.5 Å². The molecule has 100 valence electrons. The molecule has 4 nitrogen and oxygen atoms in total. The number of oxazole rings is 1. The number of rotatable bonds is 4. The van der Waals surface area contributed by atoms with Gasteiger partial charge in [0.05, 0.1) is 17.3 Å². The maximum absolute atomic E-state index is 6.09. The molecule has 2 aromatic rings. The molecule has 6 heteroatoms. The van der Waals surface area contributed by atoms with Gasteiger partial charge in [0, 0.05) is 11.3 Å². The zero-order valence-electron chi connectivity index (χ0n) is 10.7. The fourth-order valence-corrected chi connectivity index (χ4v) is 2.13. The number of aromatic nitrogens is 1. The number of hydrogen-bond donors (Lipinski definition) is 2. The van der Waals surface area contributed by atoms with Crippen LogP contribution in [0.1, 0.15) is 22.9 Å². The standard InChI is InChI=1S/C13H14ClN3OS/c1-7-8(2)18-12(17-7)6-16-9-3-4-10(13(15)19)11(14)5-9/h3-5,16H,6H2,1-2H3,(H2,15,19). The molecule has 0 spiro atoms. The van der Waals surface area contributed by atoms with Crippen molar-refractivity contribution < 1.29 is 4.42 Å². The third-order valence-electron chi connectivity index (χ3n) is 2.75. The smallest absolute Gasteiger partial charge is 0.213 e. The summed E-state index contributed by atoms with van der Waals surface area (Å²) in [5.74, 6) is 1.48. The Bertz CT molecular complexity index is 605. The number of benzene rings is 1. The summed E-state index contributed by atoms with van der Waals surface area (Å²) in [5.41, 5.74) is 7.98. The van der Waals surface area contributed by atoms with Crippen LogP contribution < -0.4 is 11.1 Å². The first-order valence-electron chi connectivity index (χ1n) is 5.73. The van der Waals surface area contributed by atoms with Crippen molar-refractivity contribution >= 4 is 34.5 Å². The predicted molar refractivity (Wildman–Crippen MR) is 80.6 cm³/mol. The first kappa shape index (κ1) is 13.8. The van der Waals surface area contributed by atoms with E-state index < -0.39 is 0 Å². The lowest BCUT2D eigenvalue weighted by Gasteiger charge is -2.07. The van der Waals surface area contributed by atoms with E-state index in [0.29, 0.717) is 23.0 Å². The summed E-state index contributed by atoms with van der Waals surface area (Å²) in [4.78, 5) is 4.58. The average Bonchev–Trinajstić information content (AvgIpc) is 2.66. The number of hydrogen-bond acceptors (Lipinski definition) is 4.